The van der Waals surface area contributed by atoms with Gasteiger partial charge in [-0.25, -0.2) is 0 Å². The molecular weight excluding hydrogens is 224 g/mol. The van der Waals surface area contributed by atoms with Crippen molar-refractivity contribution in [2.75, 3.05) is 0 Å². The summed E-state index contributed by atoms with van der Waals surface area (Å²) in [6.45, 7) is 2.17. The van der Waals surface area contributed by atoms with Crippen molar-refractivity contribution in [1.82, 2.24) is 10.3 Å². The van der Waals surface area contributed by atoms with E-state index in [-0.39, 0.29) is 5.91 Å². The lowest BCUT2D eigenvalue weighted by atomic mass is 9.95. The van der Waals surface area contributed by atoms with Gasteiger partial charge in [-0.15, -0.1) is 0 Å². The van der Waals surface area contributed by atoms with Crippen molar-refractivity contribution in [3.05, 3.63) is 35.0 Å². The van der Waals surface area contributed by atoms with E-state index >= 15 is 0 Å². The summed E-state index contributed by atoms with van der Waals surface area (Å²) in [4.78, 5) is 14.5. The topological polar surface area (TPSA) is 44.9 Å². The first-order valence-corrected chi connectivity index (χ1v) is 6.61. The molecule has 0 unspecified atom stereocenters. The lowest BCUT2D eigenvalue weighted by molar-refractivity contribution is -0.119. The Kier molecular flexibility index (Phi) is 2.82. The van der Waals surface area contributed by atoms with Crippen LogP contribution in [-0.2, 0) is 24.2 Å². The van der Waals surface area contributed by atoms with E-state index in [1.807, 2.05) is 0 Å². The SMILES string of the molecule is CC(=O)NCc1ccc2[nH]c3c(c2c1)CCCC3. The van der Waals surface area contributed by atoms with Crippen LogP contribution in [0, 0.1) is 0 Å². The molecule has 2 N–H and O–H groups in total. The van der Waals surface area contributed by atoms with Crippen molar-refractivity contribution in [3.8, 4) is 0 Å². The predicted molar refractivity (Wildman–Crippen MR) is 72.5 cm³/mol. The molecular formula is C15H18N2O. The summed E-state index contributed by atoms with van der Waals surface area (Å²) in [6, 6.07) is 6.43. The highest BCUT2D eigenvalue weighted by Gasteiger charge is 2.15. The van der Waals surface area contributed by atoms with Crippen LogP contribution in [0.15, 0.2) is 18.2 Å². The van der Waals surface area contributed by atoms with Gasteiger partial charge in [0.25, 0.3) is 0 Å². The molecule has 1 aromatic heterocycles. The summed E-state index contributed by atoms with van der Waals surface area (Å²) >= 11 is 0. The number of aromatic amines is 1. The number of hydrogen-bond donors (Lipinski definition) is 2. The number of carbonyl (C=O) groups excluding carboxylic acids is 1. The summed E-state index contributed by atoms with van der Waals surface area (Å²) in [7, 11) is 0. The molecule has 1 aliphatic carbocycles. The third-order valence-corrected chi connectivity index (χ3v) is 3.70. The third kappa shape index (κ3) is 2.01. The van der Waals surface area contributed by atoms with Crippen molar-refractivity contribution in [2.45, 2.75) is 39.2 Å². The van der Waals surface area contributed by atoms with Gasteiger partial charge < -0.3 is 10.3 Å². The van der Waals surface area contributed by atoms with E-state index in [9.17, 15) is 4.79 Å². The third-order valence-electron chi connectivity index (χ3n) is 3.70. The average Bonchev–Trinajstić information content (AvgIpc) is 2.74. The molecule has 3 rings (SSSR count). The highest BCUT2D eigenvalue weighted by atomic mass is 16.1. The summed E-state index contributed by atoms with van der Waals surface area (Å²) in [5.41, 5.74) is 5.30. The van der Waals surface area contributed by atoms with Crippen molar-refractivity contribution in [1.29, 1.82) is 0 Å². The first-order chi connectivity index (χ1) is 8.74. The summed E-state index contributed by atoms with van der Waals surface area (Å²) in [6.07, 6.45) is 4.93. The van der Waals surface area contributed by atoms with Gasteiger partial charge in [0.05, 0.1) is 0 Å². The number of nitrogens with one attached hydrogen (secondary N) is 2. The lowest BCUT2D eigenvalue weighted by Crippen LogP contribution is -2.18. The minimum absolute atomic E-state index is 0.0196. The Labute approximate surface area is 107 Å². The first kappa shape index (κ1) is 11.3. The molecule has 0 saturated carbocycles. The molecule has 3 heteroatoms. The number of aromatic nitrogens is 1. The predicted octanol–water partition coefficient (Wildman–Crippen LogP) is 2.68. The molecule has 1 aliphatic rings. The van der Waals surface area contributed by atoms with E-state index in [4.69, 9.17) is 0 Å². The number of aryl methyl sites for hydroxylation is 2. The molecule has 0 atom stereocenters. The smallest absolute Gasteiger partial charge is 0.217 e. The van der Waals surface area contributed by atoms with E-state index in [1.165, 1.54) is 53.4 Å². The molecule has 0 aliphatic heterocycles. The van der Waals surface area contributed by atoms with Gasteiger partial charge in [0.15, 0.2) is 0 Å². The fourth-order valence-electron chi connectivity index (χ4n) is 2.79. The van der Waals surface area contributed by atoms with Gasteiger partial charge in [-0.05, 0) is 48.9 Å². The second kappa shape index (κ2) is 4.48. The Balaban J connectivity index is 1.97. The minimum atomic E-state index is 0.0196. The zero-order valence-electron chi connectivity index (χ0n) is 10.7. The Bertz CT molecular complexity index is 598. The Hall–Kier alpha value is -1.77. The highest BCUT2D eigenvalue weighted by molar-refractivity contribution is 5.85. The lowest BCUT2D eigenvalue weighted by Gasteiger charge is -2.10. The number of amides is 1. The molecule has 2 aromatic rings. The standard InChI is InChI=1S/C15H18N2O/c1-10(18)16-9-11-6-7-15-13(8-11)12-4-2-3-5-14(12)17-15/h6-8,17H,2-5,9H2,1H3,(H,16,18). The van der Waals surface area contributed by atoms with Gasteiger partial charge in [0.1, 0.15) is 0 Å². The quantitative estimate of drug-likeness (QED) is 0.835. The van der Waals surface area contributed by atoms with E-state index in [2.05, 4.69) is 28.5 Å². The first-order valence-electron chi connectivity index (χ1n) is 6.61. The zero-order valence-corrected chi connectivity index (χ0v) is 10.7. The van der Waals surface area contributed by atoms with E-state index < -0.39 is 0 Å². The zero-order chi connectivity index (χ0) is 12.5. The van der Waals surface area contributed by atoms with Gasteiger partial charge in [0, 0.05) is 30.1 Å². The second-order valence-corrected chi connectivity index (χ2v) is 5.08. The molecule has 0 radical (unpaired) electrons. The van der Waals surface area contributed by atoms with Crippen molar-refractivity contribution >= 4 is 16.8 Å². The summed E-state index contributed by atoms with van der Waals surface area (Å²) in [5.74, 6) is 0.0196. The number of H-pyrrole nitrogens is 1. The van der Waals surface area contributed by atoms with Crippen LogP contribution in [0.4, 0.5) is 0 Å². The van der Waals surface area contributed by atoms with Gasteiger partial charge in [-0.1, -0.05) is 6.07 Å². The molecule has 1 aromatic carbocycles. The van der Waals surface area contributed by atoms with Crippen molar-refractivity contribution in [2.24, 2.45) is 0 Å². The van der Waals surface area contributed by atoms with E-state index in [0.717, 1.165) is 0 Å². The molecule has 0 spiro atoms. The minimum Gasteiger partial charge on any atom is -0.358 e. The van der Waals surface area contributed by atoms with Crippen molar-refractivity contribution in [3.63, 3.8) is 0 Å². The van der Waals surface area contributed by atoms with E-state index in [0.29, 0.717) is 6.54 Å². The molecule has 0 bridgehead atoms. The summed E-state index contributed by atoms with van der Waals surface area (Å²) in [5, 5.41) is 4.19. The molecule has 1 heterocycles. The molecule has 18 heavy (non-hydrogen) atoms. The largest absolute Gasteiger partial charge is 0.358 e. The van der Waals surface area contributed by atoms with Crippen LogP contribution >= 0.6 is 0 Å². The Morgan fingerprint density at radius 3 is 3.00 bits per heavy atom. The number of fused-ring (bicyclic) bond motifs is 3. The van der Waals surface area contributed by atoms with Gasteiger partial charge in [-0.3, -0.25) is 4.79 Å². The fourth-order valence-corrected chi connectivity index (χ4v) is 2.79. The van der Waals surface area contributed by atoms with Crippen LogP contribution in [-0.4, -0.2) is 10.9 Å². The normalized spacial score (nSPS) is 14.5. The number of hydrogen-bond acceptors (Lipinski definition) is 1. The fraction of sp³-hybridized carbons (Fsp3) is 0.400. The maximum absolute atomic E-state index is 10.9. The Morgan fingerprint density at radius 2 is 2.17 bits per heavy atom. The van der Waals surface area contributed by atoms with Crippen LogP contribution in [0.1, 0.15) is 36.6 Å². The molecule has 94 valence electrons. The maximum Gasteiger partial charge on any atom is 0.217 e. The monoisotopic (exact) mass is 242 g/mol. The molecule has 0 saturated heterocycles. The number of benzene rings is 1. The Morgan fingerprint density at radius 1 is 1.33 bits per heavy atom. The average molecular weight is 242 g/mol. The molecule has 1 amide bonds. The van der Waals surface area contributed by atoms with Crippen molar-refractivity contribution < 1.29 is 4.79 Å². The maximum atomic E-state index is 10.9. The van der Waals surface area contributed by atoms with Gasteiger partial charge in [0.2, 0.25) is 5.91 Å². The highest BCUT2D eigenvalue weighted by Crippen LogP contribution is 2.29. The second-order valence-electron chi connectivity index (χ2n) is 5.08. The van der Waals surface area contributed by atoms with Crippen LogP contribution in [0.5, 0.6) is 0 Å². The van der Waals surface area contributed by atoms with Crippen LogP contribution in [0.3, 0.4) is 0 Å². The summed E-state index contributed by atoms with van der Waals surface area (Å²) < 4.78 is 0. The van der Waals surface area contributed by atoms with Crippen LogP contribution < -0.4 is 5.32 Å². The van der Waals surface area contributed by atoms with Gasteiger partial charge in [-0.2, -0.15) is 0 Å². The van der Waals surface area contributed by atoms with Gasteiger partial charge >= 0.3 is 0 Å². The number of rotatable bonds is 2. The van der Waals surface area contributed by atoms with Crippen LogP contribution in [0.25, 0.3) is 10.9 Å². The number of carbonyl (C=O) groups is 1. The van der Waals surface area contributed by atoms with E-state index in [1.54, 1.807) is 6.92 Å². The molecule has 0 fully saturated rings. The molecule has 3 nitrogen and oxygen atoms in total. The van der Waals surface area contributed by atoms with Crippen LogP contribution in [0.2, 0.25) is 0 Å².